The zero-order valence-corrected chi connectivity index (χ0v) is 22.4. The van der Waals surface area contributed by atoms with Gasteiger partial charge in [-0.05, 0) is 64.2 Å². The fourth-order valence-electron chi connectivity index (χ4n) is 4.75. The normalized spacial score (nSPS) is 11.8. The van der Waals surface area contributed by atoms with Crippen molar-refractivity contribution in [1.29, 1.82) is 0 Å². The Kier molecular flexibility index (Phi) is 6.99. The molecule has 192 valence electrons. The minimum absolute atomic E-state index is 0.730. The zero-order valence-electron chi connectivity index (χ0n) is 21.6. The quantitative estimate of drug-likeness (QED) is 0.172. The summed E-state index contributed by atoms with van der Waals surface area (Å²) in [5.74, 6) is 0.730. The van der Waals surface area contributed by atoms with Gasteiger partial charge in [-0.2, -0.15) is 16.4 Å². The van der Waals surface area contributed by atoms with Gasteiger partial charge in [0.2, 0.25) is 0 Å². The number of hydrogen-bond acceptors (Lipinski definition) is 5. The lowest BCUT2D eigenvalue weighted by molar-refractivity contribution is 0.691. The van der Waals surface area contributed by atoms with Crippen LogP contribution >= 0.6 is 11.3 Å². The third kappa shape index (κ3) is 5.23. The second-order valence-corrected chi connectivity index (χ2v) is 10.2. The molecule has 0 aliphatic carbocycles. The molecule has 0 saturated carbocycles. The van der Waals surface area contributed by atoms with Crippen LogP contribution < -0.4 is 5.32 Å². The summed E-state index contributed by atoms with van der Waals surface area (Å²) < 4.78 is 0. The molecule has 0 unspecified atom stereocenters. The van der Waals surface area contributed by atoms with E-state index in [1.165, 1.54) is 5.56 Å². The molecule has 0 bridgehead atoms. The Morgan fingerprint density at radius 2 is 1.87 bits per heavy atom. The standard InChI is InChI=1S/C32H28N6S/c1-3-7-27(25-12-13-39-20-25)30-21(2)35-32(36-30)31-28-15-24(10-11-29(28)37-38-31)26-14-23(18-34-19-26)17-33-16-22-8-5-4-6-9-22/h3-15,18-20,33H,1,16-17H2,2H3,(H,35,36)(H,37,38)/b27-7-. The van der Waals surface area contributed by atoms with E-state index in [0.29, 0.717) is 0 Å². The van der Waals surface area contributed by atoms with Crippen molar-refractivity contribution >= 4 is 27.8 Å². The molecular weight excluding hydrogens is 500 g/mol. The lowest BCUT2D eigenvalue weighted by atomic mass is 10.0. The summed E-state index contributed by atoms with van der Waals surface area (Å²) in [4.78, 5) is 13.0. The van der Waals surface area contributed by atoms with Crippen LogP contribution in [0, 0.1) is 6.92 Å². The van der Waals surface area contributed by atoms with E-state index in [1.54, 1.807) is 17.4 Å². The molecule has 39 heavy (non-hydrogen) atoms. The number of nitrogens with zero attached hydrogens (tertiary/aromatic N) is 3. The highest BCUT2D eigenvalue weighted by Crippen LogP contribution is 2.32. The number of allylic oxidation sites excluding steroid dienone is 2. The molecule has 2 aromatic carbocycles. The van der Waals surface area contributed by atoms with Crippen LogP contribution in [0.3, 0.4) is 0 Å². The summed E-state index contributed by atoms with van der Waals surface area (Å²) in [5, 5.41) is 16.5. The highest BCUT2D eigenvalue weighted by Gasteiger charge is 2.18. The van der Waals surface area contributed by atoms with E-state index in [9.17, 15) is 0 Å². The Labute approximate surface area is 231 Å². The minimum Gasteiger partial charge on any atom is -0.340 e. The van der Waals surface area contributed by atoms with Gasteiger partial charge in [-0.25, -0.2) is 4.98 Å². The van der Waals surface area contributed by atoms with Crippen molar-refractivity contribution < 1.29 is 0 Å². The van der Waals surface area contributed by atoms with Gasteiger partial charge in [0.25, 0.3) is 0 Å². The number of imidazole rings is 1. The number of thiophene rings is 1. The van der Waals surface area contributed by atoms with Gasteiger partial charge < -0.3 is 10.3 Å². The summed E-state index contributed by atoms with van der Waals surface area (Å²) in [5.41, 5.74) is 10.3. The van der Waals surface area contributed by atoms with E-state index in [2.05, 4.69) is 97.4 Å². The minimum atomic E-state index is 0.730. The first-order chi connectivity index (χ1) is 19.2. The Morgan fingerprint density at radius 3 is 2.69 bits per heavy atom. The molecule has 4 aromatic heterocycles. The highest BCUT2D eigenvalue weighted by molar-refractivity contribution is 7.08. The Morgan fingerprint density at radius 1 is 1.00 bits per heavy atom. The molecule has 6 aromatic rings. The molecule has 3 N–H and O–H groups in total. The van der Waals surface area contributed by atoms with Crippen LogP contribution in [-0.2, 0) is 13.1 Å². The number of aromatic nitrogens is 5. The largest absolute Gasteiger partial charge is 0.340 e. The summed E-state index contributed by atoms with van der Waals surface area (Å²) >= 11 is 1.66. The van der Waals surface area contributed by atoms with Crippen molar-refractivity contribution in [2.45, 2.75) is 20.0 Å². The number of benzene rings is 2. The van der Waals surface area contributed by atoms with Gasteiger partial charge in [-0.1, -0.05) is 55.1 Å². The fraction of sp³-hybridized carbons (Fsp3) is 0.0938. The molecule has 0 atom stereocenters. The van der Waals surface area contributed by atoms with E-state index >= 15 is 0 Å². The third-order valence-electron chi connectivity index (χ3n) is 6.67. The van der Waals surface area contributed by atoms with Crippen LogP contribution in [0.4, 0.5) is 0 Å². The molecule has 4 heterocycles. The van der Waals surface area contributed by atoms with Crippen molar-refractivity contribution in [3.63, 3.8) is 0 Å². The maximum atomic E-state index is 4.98. The molecule has 7 heteroatoms. The van der Waals surface area contributed by atoms with E-state index in [-0.39, 0.29) is 0 Å². The number of aromatic amines is 2. The summed E-state index contributed by atoms with van der Waals surface area (Å²) in [6, 6.07) is 21.0. The van der Waals surface area contributed by atoms with Crippen molar-refractivity contribution in [2.75, 3.05) is 0 Å². The van der Waals surface area contributed by atoms with Crippen molar-refractivity contribution in [1.82, 2.24) is 30.5 Å². The molecule has 0 aliphatic rings. The predicted octanol–water partition coefficient (Wildman–Crippen LogP) is 7.29. The van der Waals surface area contributed by atoms with Crippen molar-refractivity contribution in [2.24, 2.45) is 0 Å². The molecule has 6 nitrogen and oxygen atoms in total. The van der Waals surface area contributed by atoms with Gasteiger partial charge in [0, 0.05) is 47.7 Å². The molecule has 6 rings (SSSR count). The first-order valence-electron chi connectivity index (χ1n) is 12.8. The fourth-order valence-corrected chi connectivity index (χ4v) is 5.40. The van der Waals surface area contributed by atoms with Gasteiger partial charge >= 0.3 is 0 Å². The summed E-state index contributed by atoms with van der Waals surface area (Å²) in [6.45, 7) is 7.50. The second-order valence-electron chi connectivity index (χ2n) is 9.39. The van der Waals surface area contributed by atoms with Gasteiger partial charge in [-0.15, -0.1) is 0 Å². The molecular formula is C32H28N6S. The third-order valence-corrected chi connectivity index (χ3v) is 7.36. The van der Waals surface area contributed by atoms with Crippen molar-refractivity contribution in [3.8, 4) is 22.6 Å². The van der Waals surface area contributed by atoms with Gasteiger partial charge in [0.05, 0.1) is 11.2 Å². The van der Waals surface area contributed by atoms with Crippen LogP contribution in [0.25, 0.3) is 39.1 Å². The van der Waals surface area contributed by atoms with Gasteiger partial charge in [0.1, 0.15) is 5.69 Å². The average molecular weight is 529 g/mol. The van der Waals surface area contributed by atoms with Crippen molar-refractivity contribution in [3.05, 3.63) is 131 Å². The number of fused-ring (bicyclic) bond motifs is 1. The number of nitrogens with one attached hydrogen (secondary N) is 3. The van der Waals surface area contributed by atoms with Gasteiger partial charge in [0.15, 0.2) is 5.82 Å². The van der Waals surface area contributed by atoms with Gasteiger partial charge in [-0.3, -0.25) is 10.1 Å². The molecule has 0 amide bonds. The summed E-state index contributed by atoms with van der Waals surface area (Å²) in [7, 11) is 0. The lowest BCUT2D eigenvalue weighted by Crippen LogP contribution is -2.12. The highest BCUT2D eigenvalue weighted by atomic mass is 32.1. The number of aryl methyl sites for hydroxylation is 1. The van der Waals surface area contributed by atoms with E-state index in [4.69, 9.17) is 4.98 Å². The molecule has 0 saturated heterocycles. The zero-order chi connectivity index (χ0) is 26.6. The first-order valence-corrected chi connectivity index (χ1v) is 13.7. The Bertz CT molecular complexity index is 1760. The van der Waals surface area contributed by atoms with Crippen LogP contribution in [-0.4, -0.2) is 25.1 Å². The SMILES string of the molecule is C=C/C=C(/c1ccsc1)c1nc(-c2n[nH]c3ccc(-c4cncc(CNCc5ccccc5)c4)cc23)[nH]c1C. The maximum absolute atomic E-state index is 4.98. The number of hydrogen-bond donors (Lipinski definition) is 3. The maximum Gasteiger partial charge on any atom is 0.159 e. The molecule has 0 radical (unpaired) electrons. The first kappa shape index (κ1) is 24.7. The van der Waals surface area contributed by atoms with Crippen LogP contribution in [0.1, 0.15) is 28.1 Å². The van der Waals surface area contributed by atoms with E-state index in [0.717, 1.165) is 74.7 Å². The number of rotatable bonds is 9. The van der Waals surface area contributed by atoms with Crippen LogP contribution in [0.2, 0.25) is 0 Å². The van der Waals surface area contributed by atoms with E-state index < -0.39 is 0 Å². The topological polar surface area (TPSA) is 82.3 Å². The Balaban J connectivity index is 1.29. The second kappa shape index (κ2) is 11.0. The van der Waals surface area contributed by atoms with Crippen LogP contribution in [0.15, 0.2) is 103 Å². The molecule has 0 fully saturated rings. The molecule has 0 aliphatic heterocycles. The van der Waals surface area contributed by atoms with E-state index in [1.807, 2.05) is 31.5 Å². The molecule has 0 spiro atoms. The number of H-pyrrole nitrogens is 2. The summed E-state index contributed by atoms with van der Waals surface area (Å²) in [6.07, 6.45) is 7.63. The predicted molar refractivity (Wildman–Crippen MR) is 160 cm³/mol. The van der Waals surface area contributed by atoms with Crippen LogP contribution in [0.5, 0.6) is 0 Å². The smallest absolute Gasteiger partial charge is 0.159 e. The number of pyridine rings is 1. The monoisotopic (exact) mass is 528 g/mol. The average Bonchev–Trinajstić information content (AvgIpc) is 3.72. The lowest BCUT2D eigenvalue weighted by Gasteiger charge is -2.07. The Hall–Kier alpha value is -4.59.